The first-order valence-corrected chi connectivity index (χ1v) is 5.76. The smallest absolute Gasteiger partial charge is 0.317 e. The fraction of sp³-hybridized carbons (Fsp3) is 0.900. The van der Waals surface area contributed by atoms with E-state index in [1.54, 1.807) is 0 Å². The number of likely N-dealkylation sites (tertiary alicyclic amines) is 1. The van der Waals surface area contributed by atoms with Gasteiger partial charge in [0.05, 0.1) is 0 Å². The highest BCUT2D eigenvalue weighted by molar-refractivity contribution is 5.76. The van der Waals surface area contributed by atoms with Crippen molar-refractivity contribution >= 4 is 6.03 Å². The van der Waals surface area contributed by atoms with E-state index >= 15 is 0 Å². The largest absolute Gasteiger partial charge is 0.336 e. The van der Waals surface area contributed by atoms with Crippen LogP contribution in [0.3, 0.4) is 0 Å². The van der Waals surface area contributed by atoms with Crippen LogP contribution in [-0.2, 0) is 0 Å². The van der Waals surface area contributed by atoms with Crippen molar-refractivity contribution in [2.24, 2.45) is 5.73 Å². The molecule has 15 heavy (non-hydrogen) atoms. The molecule has 2 rings (SSSR count). The van der Waals surface area contributed by atoms with Crippen LogP contribution >= 0.6 is 0 Å². The third-order valence-corrected chi connectivity index (χ3v) is 3.17. The zero-order valence-corrected chi connectivity index (χ0v) is 9.11. The molecule has 1 atom stereocenters. The molecular formula is C10H20N4O. The molecular weight excluding hydrogens is 192 g/mol. The number of hydrogen-bond donors (Lipinski definition) is 2. The average molecular weight is 212 g/mol. The number of carbonyl (C=O) groups excluding carboxylic acids is 1. The summed E-state index contributed by atoms with van der Waals surface area (Å²) >= 11 is 0. The lowest BCUT2D eigenvalue weighted by atomic mass is 10.1. The number of nitrogens with zero attached hydrogens (tertiary/aromatic N) is 2. The summed E-state index contributed by atoms with van der Waals surface area (Å²) in [6.45, 7) is 5.54. The molecule has 0 aromatic heterocycles. The van der Waals surface area contributed by atoms with Crippen molar-refractivity contribution in [1.29, 1.82) is 0 Å². The second kappa shape index (κ2) is 4.81. The maximum atomic E-state index is 11.3. The molecule has 2 aliphatic rings. The van der Waals surface area contributed by atoms with Crippen LogP contribution in [0.1, 0.15) is 12.8 Å². The van der Waals surface area contributed by atoms with Gasteiger partial charge in [0.2, 0.25) is 0 Å². The second-order valence-corrected chi connectivity index (χ2v) is 4.42. The number of nitrogens with one attached hydrogen (secondary N) is 1. The van der Waals surface area contributed by atoms with Gasteiger partial charge in [0.15, 0.2) is 0 Å². The molecule has 5 nitrogen and oxygen atoms in total. The summed E-state index contributed by atoms with van der Waals surface area (Å²) < 4.78 is 0. The van der Waals surface area contributed by atoms with Crippen LogP contribution in [0.2, 0.25) is 0 Å². The van der Waals surface area contributed by atoms with Gasteiger partial charge in [0.1, 0.15) is 0 Å². The number of amides is 2. The van der Waals surface area contributed by atoms with Crippen LogP contribution in [0.4, 0.5) is 4.79 Å². The summed E-state index contributed by atoms with van der Waals surface area (Å²) in [5, 5.41) is 2.81. The van der Waals surface area contributed by atoms with E-state index in [9.17, 15) is 4.79 Å². The van der Waals surface area contributed by atoms with Crippen LogP contribution in [0, 0.1) is 0 Å². The van der Waals surface area contributed by atoms with Crippen LogP contribution in [0.5, 0.6) is 0 Å². The molecule has 2 heterocycles. The van der Waals surface area contributed by atoms with E-state index in [-0.39, 0.29) is 6.03 Å². The molecule has 0 spiro atoms. The van der Waals surface area contributed by atoms with E-state index in [1.165, 1.54) is 6.42 Å². The molecule has 2 aliphatic heterocycles. The Balaban J connectivity index is 1.70. The molecule has 86 valence electrons. The highest BCUT2D eigenvalue weighted by atomic mass is 16.2. The van der Waals surface area contributed by atoms with E-state index in [2.05, 4.69) is 10.2 Å². The van der Waals surface area contributed by atoms with E-state index in [4.69, 9.17) is 5.73 Å². The van der Waals surface area contributed by atoms with Crippen molar-refractivity contribution in [2.45, 2.75) is 18.9 Å². The Labute approximate surface area is 90.6 Å². The van der Waals surface area contributed by atoms with Crippen LogP contribution < -0.4 is 11.1 Å². The molecule has 0 aromatic carbocycles. The molecule has 2 saturated heterocycles. The number of urea groups is 1. The van der Waals surface area contributed by atoms with Crippen molar-refractivity contribution in [3.05, 3.63) is 0 Å². The van der Waals surface area contributed by atoms with Gasteiger partial charge in [-0.05, 0) is 19.4 Å². The summed E-state index contributed by atoms with van der Waals surface area (Å²) in [5.74, 6) is 0. The maximum absolute atomic E-state index is 11.3. The maximum Gasteiger partial charge on any atom is 0.317 e. The topological polar surface area (TPSA) is 61.6 Å². The summed E-state index contributed by atoms with van der Waals surface area (Å²) in [5.41, 5.74) is 5.90. The third kappa shape index (κ3) is 2.82. The van der Waals surface area contributed by atoms with Gasteiger partial charge < -0.3 is 20.9 Å². The van der Waals surface area contributed by atoms with Crippen molar-refractivity contribution in [3.8, 4) is 0 Å². The molecule has 0 aliphatic carbocycles. The number of rotatable bonds is 3. The molecule has 0 saturated carbocycles. The number of piperidine rings is 1. The molecule has 0 bridgehead atoms. The minimum atomic E-state index is 0.0799. The number of hydrogen-bond acceptors (Lipinski definition) is 3. The zero-order valence-electron chi connectivity index (χ0n) is 9.11. The van der Waals surface area contributed by atoms with Gasteiger partial charge >= 0.3 is 6.03 Å². The zero-order chi connectivity index (χ0) is 10.7. The van der Waals surface area contributed by atoms with Gasteiger partial charge in [-0.15, -0.1) is 0 Å². The monoisotopic (exact) mass is 212 g/mol. The first-order chi connectivity index (χ1) is 7.25. The van der Waals surface area contributed by atoms with E-state index in [0.29, 0.717) is 6.04 Å². The standard InChI is InChI=1S/C10H20N4O/c11-9-2-1-4-13(8-9)6-7-14-5-3-12-10(14)15/h9H,1-8,11H2,(H,12,15)/t9-/m1/s1. The Kier molecular flexibility index (Phi) is 3.43. The van der Waals surface area contributed by atoms with Crippen LogP contribution in [0.25, 0.3) is 0 Å². The summed E-state index contributed by atoms with van der Waals surface area (Å²) in [6.07, 6.45) is 2.33. The highest BCUT2D eigenvalue weighted by Crippen LogP contribution is 2.08. The molecule has 5 heteroatoms. The Morgan fingerprint density at radius 2 is 2.27 bits per heavy atom. The Bertz CT molecular complexity index is 233. The minimum Gasteiger partial charge on any atom is -0.336 e. The van der Waals surface area contributed by atoms with Gasteiger partial charge in [-0.1, -0.05) is 0 Å². The highest BCUT2D eigenvalue weighted by Gasteiger charge is 2.21. The molecule has 2 fully saturated rings. The second-order valence-electron chi connectivity index (χ2n) is 4.42. The van der Waals surface area contributed by atoms with E-state index in [1.807, 2.05) is 4.90 Å². The van der Waals surface area contributed by atoms with Gasteiger partial charge in [-0.3, -0.25) is 0 Å². The Hall–Kier alpha value is -0.810. The van der Waals surface area contributed by atoms with Crippen molar-refractivity contribution in [2.75, 3.05) is 39.3 Å². The molecule has 3 N–H and O–H groups in total. The molecule has 2 amide bonds. The lowest BCUT2D eigenvalue weighted by Gasteiger charge is -2.31. The van der Waals surface area contributed by atoms with Gasteiger partial charge in [-0.2, -0.15) is 0 Å². The normalized spacial score (nSPS) is 28.2. The Morgan fingerprint density at radius 3 is 2.93 bits per heavy atom. The molecule has 0 radical (unpaired) electrons. The van der Waals surface area contributed by atoms with Crippen LogP contribution in [-0.4, -0.2) is 61.1 Å². The molecule has 0 unspecified atom stereocenters. The first kappa shape index (κ1) is 10.7. The summed E-state index contributed by atoms with van der Waals surface area (Å²) in [6, 6.07) is 0.405. The van der Waals surface area contributed by atoms with Gasteiger partial charge in [-0.25, -0.2) is 4.79 Å². The third-order valence-electron chi connectivity index (χ3n) is 3.17. The quantitative estimate of drug-likeness (QED) is 0.659. The van der Waals surface area contributed by atoms with Gasteiger partial charge in [0, 0.05) is 38.8 Å². The molecule has 0 aromatic rings. The Morgan fingerprint density at radius 1 is 1.40 bits per heavy atom. The fourth-order valence-corrected chi connectivity index (χ4v) is 2.28. The fourth-order valence-electron chi connectivity index (χ4n) is 2.28. The van der Waals surface area contributed by atoms with Crippen molar-refractivity contribution in [1.82, 2.24) is 15.1 Å². The van der Waals surface area contributed by atoms with Crippen molar-refractivity contribution < 1.29 is 4.79 Å². The van der Waals surface area contributed by atoms with E-state index in [0.717, 1.165) is 45.7 Å². The SMILES string of the molecule is N[C@@H]1CCCN(CCN2CCNC2=O)C1. The van der Waals surface area contributed by atoms with Crippen LogP contribution in [0.15, 0.2) is 0 Å². The van der Waals surface area contributed by atoms with Gasteiger partial charge in [0.25, 0.3) is 0 Å². The van der Waals surface area contributed by atoms with E-state index < -0.39 is 0 Å². The predicted octanol–water partition coefficient (Wildman–Crippen LogP) is -0.565. The average Bonchev–Trinajstić information content (AvgIpc) is 2.61. The number of carbonyl (C=O) groups is 1. The summed E-state index contributed by atoms with van der Waals surface area (Å²) in [4.78, 5) is 15.5. The number of nitrogens with two attached hydrogens (primary N) is 1. The predicted molar refractivity (Wildman–Crippen MR) is 58.6 cm³/mol. The lowest BCUT2D eigenvalue weighted by molar-refractivity contribution is 0.179. The summed E-state index contributed by atoms with van der Waals surface area (Å²) in [7, 11) is 0. The van der Waals surface area contributed by atoms with Crippen molar-refractivity contribution in [3.63, 3.8) is 0 Å². The lowest BCUT2D eigenvalue weighted by Crippen LogP contribution is -2.46. The first-order valence-electron chi connectivity index (χ1n) is 5.76. The minimum absolute atomic E-state index is 0.0799.